The first-order chi connectivity index (χ1) is 9.56. The molecule has 0 aliphatic heterocycles. The molecule has 0 radical (unpaired) electrons. The predicted octanol–water partition coefficient (Wildman–Crippen LogP) is 3.00. The van der Waals surface area contributed by atoms with E-state index in [0.29, 0.717) is 6.04 Å². The molecular formula is C16H27NO3. The van der Waals surface area contributed by atoms with Crippen LogP contribution in [0.5, 0.6) is 11.5 Å². The molecule has 1 rings (SSSR count). The van der Waals surface area contributed by atoms with Crippen molar-refractivity contribution < 1.29 is 14.2 Å². The van der Waals surface area contributed by atoms with E-state index in [1.54, 1.807) is 14.2 Å². The monoisotopic (exact) mass is 281 g/mol. The van der Waals surface area contributed by atoms with Crippen LogP contribution in [0.2, 0.25) is 0 Å². The lowest BCUT2D eigenvalue weighted by molar-refractivity contribution is 0.184. The number of ether oxygens (including phenoxy) is 3. The van der Waals surface area contributed by atoms with Gasteiger partial charge in [-0.25, -0.2) is 0 Å². The average molecular weight is 281 g/mol. The Morgan fingerprint density at radius 2 is 1.85 bits per heavy atom. The number of benzene rings is 1. The Morgan fingerprint density at radius 1 is 1.10 bits per heavy atom. The third-order valence-corrected chi connectivity index (χ3v) is 3.00. The molecule has 0 heterocycles. The lowest BCUT2D eigenvalue weighted by atomic mass is 10.1. The van der Waals surface area contributed by atoms with E-state index >= 15 is 0 Å². The van der Waals surface area contributed by atoms with Crippen LogP contribution in [-0.4, -0.2) is 33.0 Å². The molecule has 1 unspecified atom stereocenters. The quantitative estimate of drug-likeness (QED) is 0.755. The van der Waals surface area contributed by atoms with Gasteiger partial charge in [0, 0.05) is 26.3 Å². The largest absolute Gasteiger partial charge is 0.493 e. The molecule has 114 valence electrons. The summed E-state index contributed by atoms with van der Waals surface area (Å²) < 4.78 is 16.2. The summed E-state index contributed by atoms with van der Waals surface area (Å²) in [5.74, 6) is 1.57. The molecule has 0 aromatic heterocycles. The highest BCUT2D eigenvalue weighted by Crippen LogP contribution is 2.28. The van der Waals surface area contributed by atoms with Crippen LogP contribution in [0.4, 0.5) is 0 Å². The zero-order valence-corrected chi connectivity index (χ0v) is 13.2. The highest BCUT2D eigenvalue weighted by molar-refractivity contribution is 5.43. The zero-order chi connectivity index (χ0) is 15.0. The number of methoxy groups -OCH3 is 2. The van der Waals surface area contributed by atoms with E-state index in [-0.39, 0.29) is 6.10 Å². The van der Waals surface area contributed by atoms with Gasteiger partial charge in [0.25, 0.3) is 0 Å². The lowest BCUT2D eigenvalue weighted by Crippen LogP contribution is -2.26. The highest BCUT2D eigenvalue weighted by atomic mass is 16.5. The second-order valence-electron chi connectivity index (χ2n) is 5.22. The Balaban J connectivity index is 2.59. The fourth-order valence-corrected chi connectivity index (χ4v) is 1.86. The maximum atomic E-state index is 5.71. The predicted molar refractivity (Wildman–Crippen MR) is 81.6 cm³/mol. The van der Waals surface area contributed by atoms with Crippen LogP contribution in [0, 0.1) is 0 Å². The topological polar surface area (TPSA) is 39.7 Å². The molecule has 1 N–H and O–H groups in total. The Kier molecular flexibility index (Phi) is 7.41. The first kappa shape index (κ1) is 16.8. The summed E-state index contributed by atoms with van der Waals surface area (Å²) in [5, 5.41) is 3.47. The number of nitrogens with one attached hydrogen (secondary N) is 1. The minimum atomic E-state index is 0.141. The highest BCUT2D eigenvalue weighted by Gasteiger charge is 2.08. The van der Waals surface area contributed by atoms with Gasteiger partial charge < -0.3 is 19.5 Å². The molecule has 0 spiro atoms. The van der Waals surface area contributed by atoms with Crippen LogP contribution >= 0.6 is 0 Å². The van der Waals surface area contributed by atoms with Gasteiger partial charge in [-0.15, -0.1) is 0 Å². The molecule has 0 saturated carbocycles. The van der Waals surface area contributed by atoms with Crippen molar-refractivity contribution in [2.45, 2.75) is 45.9 Å². The van der Waals surface area contributed by atoms with Gasteiger partial charge in [0.05, 0.1) is 13.2 Å². The zero-order valence-electron chi connectivity index (χ0n) is 13.2. The molecule has 4 heteroatoms. The van der Waals surface area contributed by atoms with E-state index in [1.165, 1.54) is 5.56 Å². The molecule has 0 fully saturated rings. The fourth-order valence-electron chi connectivity index (χ4n) is 1.86. The summed E-state index contributed by atoms with van der Waals surface area (Å²) in [6, 6.07) is 6.48. The summed E-state index contributed by atoms with van der Waals surface area (Å²) in [5.41, 5.74) is 1.18. The molecule has 0 bridgehead atoms. The van der Waals surface area contributed by atoms with Crippen molar-refractivity contribution in [1.29, 1.82) is 0 Å². The van der Waals surface area contributed by atoms with Crippen molar-refractivity contribution in [1.82, 2.24) is 5.32 Å². The van der Waals surface area contributed by atoms with E-state index in [9.17, 15) is 0 Å². The molecule has 20 heavy (non-hydrogen) atoms. The third kappa shape index (κ3) is 5.80. The van der Waals surface area contributed by atoms with Crippen LogP contribution in [0.25, 0.3) is 0 Å². The summed E-state index contributed by atoms with van der Waals surface area (Å²) in [7, 11) is 3.39. The van der Waals surface area contributed by atoms with Crippen molar-refractivity contribution in [3.8, 4) is 11.5 Å². The Hall–Kier alpha value is -1.26. The second kappa shape index (κ2) is 8.82. The SMILES string of the molecule is COCCC(C)NCc1ccc(OC(C)C)c(OC)c1. The van der Waals surface area contributed by atoms with Gasteiger partial charge in [-0.1, -0.05) is 6.07 Å². The van der Waals surface area contributed by atoms with E-state index in [0.717, 1.165) is 31.1 Å². The van der Waals surface area contributed by atoms with Crippen LogP contribution in [0.3, 0.4) is 0 Å². The Morgan fingerprint density at radius 3 is 2.45 bits per heavy atom. The molecule has 0 aliphatic rings. The maximum Gasteiger partial charge on any atom is 0.161 e. The van der Waals surface area contributed by atoms with E-state index in [2.05, 4.69) is 18.3 Å². The minimum Gasteiger partial charge on any atom is -0.493 e. The number of hydrogen-bond acceptors (Lipinski definition) is 4. The van der Waals surface area contributed by atoms with Crippen molar-refractivity contribution in [3.63, 3.8) is 0 Å². The molecule has 0 saturated heterocycles. The van der Waals surface area contributed by atoms with Crippen molar-refractivity contribution in [2.24, 2.45) is 0 Å². The van der Waals surface area contributed by atoms with Gasteiger partial charge in [0.1, 0.15) is 0 Å². The number of hydrogen-bond donors (Lipinski definition) is 1. The van der Waals surface area contributed by atoms with Gasteiger partial charge in [-0.2, -0.15) is 0 Å². The molecule has 1 aromatic carbocycles. The Labute approximate surface area is 122 Å². The van der Waals surface area contributed by atoms with Gasteiger partial charge >= 0.3 is 0 Å². The van der Waals surface area contributed by atoms with Crippen molar-refractivity contribution >= 4 is 0 Å². The normalized spacial score (nSPS) is 12.5. The molecule has 0 aliphatic carbocycles. The molecular weight excluding hydrogens is 254 g/mol. The van der Waals surface area contributed by atoms with Crippen LogP contribution in [0.1, 0.15) is 32.8 Å². The third-order valence-electron chi connectivity index (χ3n) is 3.00. The van der Waals surface area contributed by atoms with Crippen molar-refractivity contribution in [3.05, 3.63) is 23.8 Å². The van der Waals surface area contributed by atoms with Gasteiger partial charge in [0.2, 0.25) is 0 Å². The van der Waals surface area contributed by atoms with Gasteiger partial charge in [0.15, 0.2) is 11.5 Å². The van der Waals surface area contributed by atoms with Crippen LogP contribution in [-0.2, 0) is 11.3 Å². The molecule has 0 amide bonds. The maximum absolute atomic E-state index is 5.71. The van der Waals surface area contributed by atoms with Gasteiger partial charge in [-0.3, -0.25) is 0 Å². The van der Waals surface area contributed by atoms with Gasteiger partial charge in [-0.05, 0) is 44.9 Å². The molecule has 4 nitrogen and oxygen atoms in total. The second-order valence-corrected chi connectivity index (χ2v) is 5.22. The lowest BCUT2D eigenvalue weighted by Gasteiger charge is -2.16. The Bertz CT molecular complexity index is 393. The van der Waals surface area contributed by atoms with Crippen LogP contribution < -0.4 is 14.8 Å². The van der Waals surface area contributed by atoms with E-state index in [1.807, 2.05) is 26.0 Å². The summed E-state index contributed by atoms with van der Waals surface area (Å²) in [4.78, 5) is 0. The summed E-state index contributed by atoms with van der Waals surface area (Å²) in [6.07, 6.45) is 1.14. The fraction of sp³-hybridized carbons (Fsp3) is 0.625. The standard InChI is InChI=1S/C16H27NO3/c1-12(2)20-15-7-6-14(10-16(15)19-5)11-17-13(3)8-9-18-4/h6-7,10,12-13,17H,8-9,11H2,1-5H3. The van der Waals surface area contributed by atoms with E-state index in [4.69, 9.17) is 14.2 Å². The minimum absolute atomic E-state index is 0.141. The smallest absolute Gasteiger partial charge is 0.161 e. The molecule has 1 aromatic rings. The average Bonchev–Trinajstić information content (AvgIpc) is 2.43. The van der Waals surface area contributed by atoms with Crippen molar-refractivity contribution in [2.75, 3.05) is 20.8 Å². The first-order valence-electron chi connectivity index (χ1n) is 7.12. The van der Waals surface area contributed by atoms with Crippen LogP contribution in [0.15, 0.2) is 18.2 Å². The van der Waals surface area contributed by atoms with E-state index < -0.39 is 0 Å². The number of rotatable bonds is 9. The molecule has 1 atom stereocenters. The first-order valence-corrected chi connectivity index (χ1v) is 7.12. The summed E-state index contributed by atoms with van der Waals surface area (Å²) in [6.45, 7) is 7.76. The summed E-state index contributed by atoms with van der Waals surface area (Å²) >= 11 is 0.